The minimum Gasteiger partial charge on any atom is -0.166 e. The third kappa shape index (κ3) is 6.26. The highest BCUT2D eigenvalue weighted by Gasteiger charge is 2.31. The number of halogens is 3. The molecule has 0 bridgehead atoms. The second kappa shape index (κ2) is 10.2. The molecule has 2 aliphatic rings. The maximum Gasteiger partial charge on any atom is 0.416 e. The lowest BCUT2D eigenvalue weighted by Gasteiger charge is -2.32. The summed E-state index contributed by atoms with van der Waals surface area (Å²) < 4.78 is 38.2. The number of benzene rings is 1. The van der Waals surface area contributed by atoms with E-state index in [1.165, 1.54) is 82.8 Å². The van der Waals surface area contributed by atoms with Crippen LogP contribution in [0.3, 0.4) is 0 Å². The topological polar surface area (TPSA) is 0 Å². The van der Waals surface area contributed by atoms with Crippen molar-refractivity contribution < 1.29 is 13.2 Å². The lowest BCUT2D eigenvalue weighted by atomic mass is 9.74. The van der Waals surface area contributed by atoms with Crippen molar-refractivity contribution in [3.05, 3.63) is 35.4 Å². The molecular formula is C25H37F3. The van der Waals surface area contributed by atoms with Gasteiger partial charge in [0.05, 0.1) is 5.56 Å². The number of unbranched alkanes of at least 4 members (excludes halogenated alkanes) is 1. The molecule has 0 saturated heterocycles. The van der Waals surface area contributed by atoms with Gasteiger partial charge in [0.25, 0.3) is 0 Å². The molecule has 28 heavy (non-hydrogen) atoms. The summed E-state index contributed by atoms with van der Waals surface area (Å²) in [6, 6.07) is 5.89. The Bertz CT molecular complexity index is 558. The highest BCUT2D eigenvalue weighted by molar-refractivity contribution is 5.27. The first kappa shape index (κ1) is 21.7. The summed E-state index contributed by atoms with van der Waals surface area (Å²) in [5.74, 6) is 3.23. The first-order chi connectivity index (χ1) is 13.5. The van der Waals surface area contributed by atoms with Gasteiger partial charge in [-0.1, -0.05) is 76.8 Å². The van der Waals surface area contributed by atoms with Crippen LogP contribution in [0.25, 0.3) is 0 Å². The zero-order valence-electron chi connectivity index (χ0n) is 17.4. The fourth-order valence-corrected chi connectivity index (χ4v) is 5.50. The Hall–Kier alpha value is -0.990. The van der Waals surface area contributed by atoms with Crippen LogP contribution in [0, 0.1) is 17.8 Å². The van der Waals surface area contributed by atoms with Crippen LogP contribution in [0.1, 0.15) is 107 Å². The Morgan fingerprint density at radius 1 is 0.714 bits per heavy atom. The first-order valence-corrected chi connectivity index (χ1v) is 11.6. The van der Waals surface area contributed by atoms with Crippen molar-refractivity contribution in [2.75, 3.05) is 0 Å². The zero-order valence-corrected chi connectivity index (χ0v) is 17.4. The van der Waals surface area contributed by atoms with Gasteiger partial charge in [-0.25, -0.2) is 0 Å². The molecule has 2 aliphatic carbocycles. The van der Waals surface area contributed by atoms with Gasteiger partial charge in [0.15, 0.2) is 0 Å². The molecule has 2 fully saturated rings. The maximum absolute atomic E-state index is 12.7. The Labute approximate surface area is 169 Å². The van der Waals surface area contributed by atoms with Crippen molar-refractivity contribution in [2.45, 2.75) is 102 Å². The normalized spacial score (nSPS) is 29.0. The first-order valence-electron chi connectivity index (χ1n) is 11.6. The number of rotatable bonds is 7. The second-order valence-electron chi connectivity index (χ2n) is 9.44. The van der Waals surface area contributed by atoms with Crippen LogP contribution in [-0.2, 0) is 6.18 Å². The molecule has 1 aromatic carbocycles. The van der Waals surface area contributed by atoms with Crippen LogP contribution >= 0.6 is 0 Å². The van der Waals surface area contributed by atoms with Crippen molar-refractivity contribution in [2.24, 2.45) is 17.8 Å². The quantitative estimate of drug-likeness (QED) is 0.433. The third-order valence-corrected chi connectivity index (χ3v) is 7.47. The summed E-state index contributed by atoms with van der Waals surface area (Å²) in [7, 11) is 0. The van der Waals surface area contributed by atoms with E-state index in [1.807, 2.05) is 0 Å². The standard InChI is InChI=1S/C25H37F3/c1-2-3-4-19-5-7-20(8-6-19)9-10-21-11-13-22(14-12-21)23-15-17-24(18-16-23)25(26,27)28/h15-22H,2-14H2,1H3. The molecule has 3 heteroatoms. The SMILES string of the molecule is CCCCC1CCC(CCC2CCC(c3ccc(C(F)(F)F)cc3)CC2)CC1. The molecule has 3 rings (SSSR count). The van der Waals surface area contributed by atoms with Gasteiger partial charge in [0.1, 0.15) is 0 Å². The lowest BCUT2D eigenvalue weighted by Crippen LogP contribution is -2.18. The van der Waals surface area contributed by atoms with Crippen molar-refractivity contribution in [3.8, 4) is 0 Å². The predicted octanol–water partition coefficient (Wildman–Crippen LogP) is 8.76. The van der Waals surface area contributed by atoms with Gasteiger partial charge in [-0.3, -0.25) is 0 Å². The van der Waals surface area contributed by atoms with Crippen molar-refractivity contribution >= 4 is 0 Å². The minimum atomic E-state index is -4.23. The molecule has 2 saturated carbocycles. The summed E-state index contributed by atoms with van der Waals surface area (Å²) in [6.45, 7) is 2.29. The summed E-state index contributed by atoms with van der Waals surface area (Å²) in [5, 5.41) is 0. The molecule has 0 nitrogen and oxygen atoms in total. The van der Waals surface area contributed by atoms with E-state index in [0.29, 0.717) is 5.92 Å². The van der Waals surface area contributed by atoms with Crippen molar-refractivity contribution in [1.29, 1.82) is 0 Å². The van der Waals surface area contributed by atoms with E-state index in [1.54, 1.807) is 12.1 Å². The Morgan fingerprint density at radius 3 is 1.64 bits per heavy atom. The van der Waals surface area contributed by atoms with E-state index in [4.69, 9.17) is 0 Å². The molecule has 0 heterocycles. The van der Waals surface area contributed by atoms with E-state index in [9.17, 15) is 13.2 Å². The molecule has 0 aliphatic heterocycles. The molecule has 0 radical (unpaired) electrons. The van der Waals surface area contributed by atoms with Crippen LogP contribution in [0.15, 0.2) is 24.3 Å². The summed E-state index contributed by atoms with van der Waals surface area (Å²) >= 11 is 0. The Morgan fingerprint density at radius 2 is 1.18 bits per heavy atom. The summed E-state index contributed by atoms with van der Waals surface area (Å²) in [5.41, 5.74) is 0.561. The molecule has 1 aromatic rings. The average Bonchev–Trinajstić information content (AvgIpc) is 2.71. The largest absolute Gasteiger partial charge is 0.416 e. The monoisotopic (exact) mass is 394 g/mol. The van der Waals surface area contributed by atoms with E-state index >= 15 is 0 Å². The van der Waals surface area contributed by atoms with E-state index in [-0.39, 0.29) is 0 Å². The van der Waals surface area contributed by atoms with E-state index in [2.05, 4.69) is 6.92 Å². The van der Waals surface area contributed by atoms with Crippen LogP contribution in [-0.4, -0.2) is 0 Å². The van der Waals surface area contributed by atoms with Gasteiger partial charge < -0.3 is 0 Å². The Kier molecular flexibility index (Phi) is 7.88. The van der Waals surface area contributed by atoms with Gasteiger partial charge >= 0.3 is 6.18 Å². The third-order valence-electron chi connectivity index (χ3n) is 7.47. The molecule has 0 N–H and O–H groups in total. The molecule has 0 aromatic heterocycles. The summed E-state index contributed by atoms with van der Waals surface area (Å²) in [4.78, 5) is 0. The minimum absolute atomic E-state index is 0.451. The van der Waals surface area contributed by atoms with Gasteiger partial charge in [-0.05, 0) is 67.1 Å². The molecule has 0 amide bonds. The predicted molar refractivity (Wildman–Crippen MR) is 110 cm³/mol. The number of alkyl halides is 3. The smallest absolute Gasteiger partial charge is 0.166 e. The molecule has 158 valence electrons. The highest BCUT2D eigenvalue weighted by atomic mass is 19.4. The highest BCUT2D eigenvalue weighted by Crippen LogP contribution is 2.41. The van der Waals surface area contributed by atoms with E-state index in [0.717, 1.165) is 36.2 Å². The van der Waals surface area contributed by atoms with Crippen LogP contribution in [0.5, 0.6) is 0 Å². The zero-order chi connectivity index (χ0) is 20.0. The second-order valence-corrected chi connectivity index (χ2v) is 9.44. The Balaban J connectivity index is 1.36. The van der Waals surface area contributed by atoms with Gasteiger partial charge in [-0.15, -0.1) is 0 Å². The van der Waals surface area contributed by atoms with Crippen LogP contribution in [0.4, 0.5) is 13.2 Å². The number of hydrogen-bond acceptors (Lipinski definition) is 0. The summed E-state index contributed by atoms with van der Waals surface area (Å²) in [6.07, 6.45) is 13.3. The average molecular weight is 395 g/mol. The number of hydrogen-bond donors (Lipinski definition) is 0. The van der Waals surface area contributed by atoms with Crippen molar-refractivity contribution in [1.82, 2.24) is 0 Å². The fraction of sp³-hybridized carbons (Fsp3) is 0.760. The van der Waals surface area contributed by atoms with Crippen LogP contribution in [0.2, 0.25) is 0 Å². The van der Waals surface area contributed by atoms with Gasteiger partial charge in [-0.2, -0.15) is 13.2 Å². The van der Waals surface area contributed by atoms with E-state index < -0.39 is 11.7 Å². The molecule has 0 atom stereocenters. The van der Waals surface area contributed by atoms with Crippen LogP contribution < -0.4 is 0 Å². The van der Waals surface area contributed by atoms with Gasteiger partial charge in [0.2, 0.25) is 0 Å². The van der Waals surface area contributed by atoms with Crippen molar-refractivity contribution in [3.63, 3.8) is 0 Å². The maximum atomic E-state index is 12.7. The molecule has 0 spiro atoms. The lowest BCUT2D eigenvalue weighted by molar-refractivity contribution is -0.137. The molecule has 0 unspecified atom stereocenters. The van der Waals surface area contributed by atoms with Gasteiger partial charge in [0, 0.05) is 0 Å². The molecular weight excluding hydrogens is 357 g/mol. The fourth-order valence-electron chi connectivity index (χ4n) is 5.50.